The maximum atomic E-state index is 12.7. The van der Waals surface area contributed by atoms with E-state index in [4.69, 9.17) is 4.42 Å². The zero-order valence-corrected chi connectivity index (χ0v) is 15.2. The van der Waals surface area contributed by atoms with E-state index < -0.39 is 17.8 Å². The van der Waals surface area contributed by atoms with Gasteiger partial charge in [0.25, 0.3) is 11.8 Å². The van der Waals surface area contributed by atoms with Gasteiger partial charge in [0.05, 0.1) is 5.69 Å². The molecule has 0 saturated carbocycles. The molecule has 4 amide bonds. The summed E-state index contributed by atoms with van der Waals surface area (Å²) in [5.41, 5.74) is 1.31. The molecule has 128 valence electrons. The molecule has 0 aliphatic carbocycles. The number of barbiturate groups is 1. The molecule has 25 heavy (non-hydrogen) atoms. The van der Waals surface area contributed by atoms with Gasteiger partial charge in [0.1, 0.15) is 11.3 Å². The molecular formula is C18H15BrN2O4. The van der Waals surface area contributed by atoms with E-state index in [9.17, 15) is 14.4 Å². The van der Waals surface area contributed by atoms with Crippen molar-refractivity contribution >= 4 is 45.5 Å². The summed E-state index contributed by atoms with van der Waals surface area (Å²) in [6, 6.07) is 9.55. The van der Waals surface area contributed by atoms with Crippen LogP contribution in [-0.2, 0) is 9.59 Å². The van der Waals surface area contributed by atoms with E-state index in [2.05, 4.69) is 35.1 Å². The zero-order chi connectivity index (χ0) is 18.1. The number of amides is 4. The van der Waals surface area contributed by atoms with Gasteiger partial charge in [-0.3, -0.25) is 14.9 Å². The number of hydrogen-bond donors (Lipinski definition) is 1. The molecule has 0 bridgehead atoms. The van der Waals surface area contributed by atoms with Crippen LogP contribution < -0.4 is 10.2 Å². The monoisotopic (exact) mass is 402 g/mol. The molecular weight excluding hydrogens is 388 g/mol. The van der Waals surface area contributed by atoms with E-state index >= 15 is 0 Å². The summed E-state index contributed by atoms with van der Waals surface area (Å²) >= 11 is 3.16. The Balaban J connectivity index is 1.96. The maximum absolute atomic E-state index is 12.7. The molecule has 1 fully saturated rings. The molecule has 3 rings (SSSR count). The summed E-state index contributed by atoms with van der Waals surface area (Å²) in [6.07, 6.45) is 1.31. The standard InChI is InChI=1S/C18H15BrN2O4/c1-10(2)11-3-5-12(6-4-11)21-17(23)14(16(22)20-18(21)24)9-13-7-8-15(19)25-13/h3-10H,1-2H3,(H,20,22,24)/b14-9-. The molecule has 2 heterocycles. The quantitative estimate of drug-likeness (QED) is 0.624. The highest BCUT2D eigenvalue weighted by Gasteiger charge is 2.37. The number of imide groups is 2. The van der Waals surface area contributed by atoms with Crippen molar-refractivity contribution in [2.24, 2.45) is 0 Å². The summed E-state index contributed by atoms with van der Waals surface area (Å²) in [4.78, 5) is 37.8. The number of carbonyl (C=O) groups is 3. The van der Waals surface area contributed by atoms with Gasteiger partial charge < -0.3 is 4.42 Å². The first-order chi connectivity index (χ1) is 11.9. The Morgan fingerprint density at radius 3 is 2.32 bits per heavy atom. The van der Waals surface area contributed by atoms with E-state index in [0.717, 1.165) is 10.5 Å². The van der Waals surface area contributed by atoms with Gasteiger partial charge in [0, 0.05) is 0 Å². The second-order valence-electron chi connectivity index (χ2n) is 5.85. The third kappa shape index (κ3) is 3.41. The molecule has 0 spiro atoms. The molecule has 1 saturated heterocycles. The summed E-state index contributed by atoms with van der Waals surface area (Å²) in [7, 11) is 0. The number of carbonyl (C=O) groups excluding carboxylic acids is 3. The van der Waals surface area contributed by atoms with Crippen molar-refractivity contribution in [1.82, 2.24) is 5.32 Å². The van der Waals surface area contributed by atoms with Crippen molar-refractivity contribution in [2.75, 3.05) is 4.90 Å². The van der Waals surface area contributed by atoms with Crippen LogP contribution >= 0.6 is 15.9 Å². The Kier molecular flexibility index (Phi) is 4.59. The van der Waals surface area contributed by atoms with Crippen molar-refractivity contribution in [3.63, 3.8) is 0 Å². The zero-order valence-electron chi connectivity index (χ0n) is 13.6. The highest BCUT2D eigenvalue weighted by atomic mass is 79.9. The van der Waals surface area contributed by atoms with E-state index in [-0.39, 0.29) is 5.57 Å². The first kappa shape index (κ1) is 17.2. The smallest absolute Gasteiger partial charge is 0.335 e. The van der Waals surface area contributed by atoms with Crippen LogP contribution in [0.3, 0.4) is 0 Å². The number of halogens is 1. The molecule has 1 aromatic carbocycles. The number of urea groups is 1. The van der Waals surface area contributed by atoms with Crippen LogP contribution in [0.2, 0.25) is 0 Å². The predicted octanol–water partition coefficient (Wildman–Crippen LogP) is 3.83. The summed E-state index contributed by atoms with van der Waals surface area (Å²) in [6.45, 7) is 4.10. The topological polar surface area (TPSA) is 79.6 Å². The number of hydrogen-bond acceptors (Lipinski definition) is 4. The third-order valence-electron chi connectivity index (χ3n) is 3.80. The van der Waals surface area contributed by atoms with E-state index in [1.165, 1.54) is 6.08 Å². The Hall–Kier alpha value is -2.67. The first-order valence-corrected chi connectivity index (χ1v) is 8.43. The Bertz CT molecular complexity index is 881. The van der Waals surface area contributed by atoms with Crippen molar-refractivity contribution in [1.29, 1.82) is 0 Å². The van der Waals surface area contributed by atoms with Gasteiger partial charge >= 0.3 is 6.03 Å². The number of nitrogens with zero attached hydrogens (tertiary/aromatic N) is 1. The van der Waals surface area contributed by atoms with E-state index in [1.807, 2.05) is 12.1 Å². The van der Waals surface area contributed by atoms with Gasteiger partial charge in [-0.1, -0.05) is 26.0 Å². The summed E-state index contributed by atoms with van der Waals surface area (Å²) < 4.78 is 5.77. The normalized spacial score (nSPS) is 16.7. The van der Waals surface area contributed by atoms with Gasteiger partial charge in [-0.2, -0.15) is 0 Å². The number of benzene rings is 1. The lowest BCUT2D eigenvalue weighted by molar-refractivity contribution is -0.122. The lowest BCUT2D eigenvalue weighted by Gasteiger charge is -2.26. The van der Waals surface area contributed by atoms with Crippen molar-refractivity contribution in [2.45, 2.75) is 19.8 Å². The first-order valence-electron chi connectivity index (χ1n) is 7.63. The van der Waals surface area contributed by atoms with E-state index in [0.29, 0.717) is 22.0 Å². The minimum absolute atomic E-state index is 0.172. The highest BCUT2D eigenvalue weighted by molar-refractivity contribution is 9.10. The molecule has 1 aliphatic rings. The van der Waals surface area contributed by atoms with Gasteiger partial charge in [-0.05, 0) is 57.8 Å². The van der Waals surface area contributed by atoms with Crippen LogP contribution in [0.25, 0.3) is 6.08 Å². The van der Waals surface area contributed by atoms with Gasteiger partial charge in [0.2, 0.25) is 0 Å². The van der Waals surface area contributed by atoms with Crippen LogP contribution in [0, 0.1) is 0 Å². The maximum Gasteiger partial charge on any atom is 0.335 e. The molecule has 1 aliphatic heterocycles. The van der Waals surface area contributed by atoms with Crippen LogP contribution in [0.1, 0.15) is 31.1 Å². The SMILES string of the molecule is CC(C)c1ccc(N2C(=O)NC(=O)/C(=C/c3ccc(Br)o3)C2=O)cc1. The highest BCUT2D eigenvalue weighted by Crippen LogP contribution is 2.25. The fraction of sp³-hybridized carbons (Fsp3) is 0.167. The molecule has 1 N–H and O–H groups in total. The van der Waals surface area contributed by atoms with Crippen molar-refractivity contribution in [3.8, 4) is 0 Å². The van der Waals surface area contributed by atoms with Gasteiger partial charge in [-0.15, -0.1) is 0 Å². The second-order valence-corrected chi connectivity index (χ2v) is 6.63. The molecule has 7 heteroatoms. The molecule has 2 aromatic rings. The van der Waals surface area contributed by atoms with Gasteiger partial charge in [0.15, 0.2) is 4.67 Å². The van der Waals surface area contributed by atoms with Crippen molar-refractivity contribution < 1.29 is 18.8 Å². The van der Waals surface area contributed by atoms with Gasteiger partial charge in [-0.25, -0.2) is 9.69 Å². The van der Waals surface area contributed by atoms with E-state index in [1.54, 1.807) is 24.3 Å². The summed E-state index contributed by atoms with van der Waals surface area (Å²) in [5.74, 6) is -0.791. The Labute approximate surface area is 152 Å². The Morgan fingerprint density at radius 2 is 1.76 bits per heavy atom. The minimum Gasteiger partial charge on any atom is -0.450 e. The number of nitrogens with one attached hydrogen (secondary N) is 1. The number of rotatable bonds is 3. The van der Waals surface area contributed by atoms with Crippen LogP contribution in [0.4, 0.5) is 10.5 Å². The molecule has 1 aromatic heterocycles. The fourth-order valence-corrected chi connectivity index (χ4v) is 2.77. The minimum atomic E-state index is -0.773. The second kappa shape index (κ2) is 6.68. The average Bonchev–Trinajstić information content (AvgIpc) is 2.97. The van der Waals surface area contributed by atoms with Crippen LogP contribution in [0.5, 0.6) is 0 Å². The summed E-state index contributed by atoms with van der Waals surface area (Å²) in [5, 5.41) is 2.18. The largest absolute Gasteiger partial charge is 0.450 e. The average molecular weight is 403 g/mol. The molecule has 0 atom stereocenters. The van der Waals surface area contributed by atoms with Crippen molar-refractivity contribution in [3.05, 3.63) is 58.0 Å². The fourth-order valence-electron chi connectivity index (χ4n) is 2.45. The van der Waals surface area contributed by atoms with Crippen LogP contribution in [-0.4, -0.2) is 17.8 Å². The predicted molar refractivity (Wildman–Crippen MR) is 95.9 cm³/mol. The third-order valence-corrected chi connectivity index (χ3v) is 4.23. The van der Waals surface area contributed by atoms with Crippen LogP contribution in [0.15, 0.2) is 51.1 Å². The Morgan fingerprint density at radius 1 is 1.08 bits per heavy atom. The number of anilines is 1. The number of furan rings is 1. The molecule has 0 unspecified atom stereocenters. The molecule has 6 nitrogen and oxygen atoms in total. The lowest BCUT2D eigenvalue weighted by Crippen LogP contribution is -2.54. The molecule has 0 radical (unpaired) electrons. The lowest BCUT2D eigenvalue weighted by atomic mass is 10.0.